The van der Waals surface area contributed by atoms with Crippen molar-refractivity contribution in [3.63, 3.8) is 0 Å². The van der Waals surface area contributed by atoms with Crippen LogP contribution in [-0.4, -0.2) is 54.1 Å². The second kappa shape index (κ2) is 8.75. The van der Waals surface area contributed by atoms with Crippen LogP contribution in [0.25, 0.3) is 0 Å². The fraction of sp³-hybridized carbons (Fsp3) is 0.409. The van der Waals surface area contributed by atoms with Crippen molar-refractivity contribution in [2.45, 2.75) is 41.7 Å². The molecule has 0 amide bonds. The lowest BCUT2D eigenvalue weighted by Gasteiger charge is -2.50. The molecule has 2 saturated heterocycles. The molecule has 2 aromatic carbocycles. The summed E-state index contributed by atoms with van der Waals surface area (Å²) in [7, 11) is 0.894. The minimum atomic E-state index is -0.893. The molecule has 2 aliphatic rings. The van der Waals surface area contributed by atoms with Gasteiger partial charge in [-0.2, -0.15) is 0 Å². The van der Waals surface area contributed by atoms with Gasteiger partial charge < -0.3 is 24.1 Å². The molecule has 2 aliphatic heterocycles. The highest BCUT2D eigenvalue weighted by Gasteiger charge is 2.49. The quantitative estimate of drug-likeness (QED) is 0.588. The number of carbonyl (C=O) groups is 1. The standard InChI is InChI=1S/C22H26O6S/c1-14(23)27-18-13-29(17-6-4-3-5-7-17)19-12-26-22(28-21(19)20(18)24)15-8-10-16(25-2)11-9-15/h3-11,18-22,24,29H,12-13H2,1-2H3/t18-,19+,20+,21-,22?/m0/s1. The fourth-order valence-electron chi connectivity index (χ4n) is 3.95. The van der Waals surface area contributed by atoms with Gasteiger partial charge in [0.2, 0.25) is 0 Å². The van der Waals surface area contributed by atoms with Crippen LogP contribution >= 0.6 is 10.9 Å². The van der Waals surface area contributed by atoms with Gasteiger partial charge >= 0.3 is 5.97 Å². The molecule has 6 atom stereocenters. The third-order valence-electron chi connectivity index (χ3n) is 5.37. The van der Waals surface area contributed by atoms with Crippen LogP contribution in [0.5, 0.6) is 5.75 Å². The summed E-state index contributed by atoms with van der Waals surface area (Å²) in [6.07, 6.45) is -2.54. The molecule has 1 N–H and O–H groups in total. The average Bonchev–Trinajstić information content (AvgIpc) is 2.76. The number of aliphatic hydroxyl groups is 1. The summed E-state index contributed by atoms with van der Waals surface area (Å²) in [5.41, 5.74) is 0.857. The SMILES string of the molecule is COc1ccc(C2OC[C@@H]3[C@H](O2)[C@H](O)[C@@H](OC(C)=O)C[SH]3c2ccccc2)cc1. The summed E-state index contributed by atoms with van der Waals surface area (Å²) in [6.45, 7) is 1.85. The molecular formula is C22H26O6S. The van der Waals surface area contributed by atoms with Gasteiger partial charge in [-0.3, -0.25) is 4.79 Å². The zero-order valence-corrected chi connectivity index (χ0v) is 17.3. The first kappa shape index (κ1) is 20.2. The normalized spacial score (nSPS) is 32.8. The van der Waals surface area contributed by atoms with Crippen LogP contribution < -0.4 is 4.74 Å². The van der Waals surface area contributed by atoms with Crippen molar-refractivity contribution in [2.24, 2.45) is 0 Å². The topological polar surface area (TPSA) is 74.2 Å². The maximum atomic E-state index is 11.6. The van der Waals surface area contributed by atoms with Crippen molar-refractivity contribution in [1.82, 2.24) is 0 Å². The Labute approximate surface area is 173 Å². The fourth-order valence-corrected chi connectivity index (χ4v) is 6.92. The highest BCUT2D eigenvalue weighted by molar-refractivity contribution is 8.17. The molecule has 0 spiro atoms. The van der Waals surface area contributed by atoms with Gasteiger partial charge in [-0.1, -0.05) is 42.5 Å². The average molecular weight is 419 g/mol. The summed E-state index contributed by atoms with van der Waals surface area (Å²) >= 11 is 0. The number of esters is 1. The number of carbonyl (C=O) groups excluding carboxylic acids is 1. The predicted octanol–water partition coefficient (Wildman–Crippen LogP) is 2.84. The molecule has 6 nitrogen and oxygen atoms in total. The Balaban J connectivity index is 1.59. The van der Waals surface area contributed by atoms with E-state index in [1.54, 1.807) is 7.11 Å². The minimum absolute atomic E-state index is 0.0312. The van der Waals surface area contributed by atoms with Crippen LogP contribution in [0.3, 0.4) is 0 Å². The van der Waals surface area contributed by atoms with Crippen molar-refractivity contribution in [3.8, 4) is 5.75 Å². The second-order valence-corrected chi connectivity index (χ2v) is 9.72. The van der Waals surface area contributed by atoms with Crippen molar-refractivity contribution < 1.29 is 28.8 Å². The van der Waals surface area contributed by atoms with Gasteiger partial charge in [0.1, 0.15) is 24.1 Å². The largest absolute Gasteiger partial charge is 0.497 e. The number of ether oxygens (including phenoxy) is 4. The van der Waals surface area contributed by atoms with Crippen LogP contribution in [0.2, 0.25) is 0 Å². The van der Waals surface area contributed by atoms with E-state index in [1.165, 1.54) is 11.8 Å². The summed E-state index contributed by atoms with van der Waals surface area (Å²) in [6, 6.07) is 17.6. The maximum Gasteiger partial charge on any atom is 0.303 e. The van der Waals surface area contributed by atoms with E-state index in [-0.39, 0.29) is 5.25 Å². The van der Waals surface area contributed by atoms with E-state index in [0.717, 1.165) is 11.3 Å². The molecule has 2 fully saturated rings. The third kappa shape index (κ3) is 4.28. The molecule has 0 bridgehead atoms. The van der Waals surface area contributed by atoms with Crippen molar-refractivity contribution in [3.05, 3.63) is 60.2 Å². The number of fused-ring (bicyclic) bond motifs is 1. The highest BCUT2D eigenvalue weighted by atomic mass is 32.2. The molecule has 2 aromatic rings. The summed E-state index contributed by atoms with van der Waals surface area (Å²) < 4.78 is 23.0. The number of methoxy groups -OCH3 is 1. The maximum absolute atomic E-state index is 11.6. The molecule has 7 heteroatoms. The van der Waals surface area contributed by atoms with Gasteiger partial charge in [0.15, 0.2) is 6.29 Å². The molecule has 0 saturated carbocycles. The van der Waals surface area contributed by atoms with Gasteiger partial charge in [0.05, 0.1) is 13.7 Å². The van der Waals surface area contributed by atoms with Crippen LogP contribution in [0.4, 0.5) is 0 Å². The monoisotopic (exact) mass is 418 g/mol. The molecule has 0 aromatic heterocycles. The van der Waals surface area contributed by atoms with E-state index >= 15 is 0 Å². The third-order valence-corrected chi connectivity index (χ3v) is 8.32. The van der Waals surface area contributed by atoms with Crippen molar-refractivity contribution >= 4 is 16.9 Å². The van der Waals surface area contributed by atoms with E-state index in [9.17, 15) is 9.90 Å². The molecule has 4 rings (SSSR count). The van der Waals surface area contributed by atoms with Crippen LogP contribution in [-0.2, 0) is 19.0 Å². The van der Waals surface area contributed by atoms with Crippen LogP contribution in [0, 0.1) is 0 Å². The number of benzene rings is 2. The number of aliphatic hydroxyl groups excluding tert-OH is 1. The van der Waals surface area contributed by atoms with E-state index < -0.39 is 41.5 Å². The first-order valence-electron chi connectivity index (χ1n) is 9.65. The molecule has 2 heterocycles. The molecular weight excluding hydrogens is 392 g/mol. The van der Waals surface area contributed by atoms with Crippen LogP contribution in [0.15, 0.2) is 59.5 Å². The smallest absolute Gasteiger partial charge is 0.303 e. The lowest BCUT2D eigenvalue weighted by atomic mass is 10.0. The number of hydrogen-bond donors (Lipinski definition) is 2. The highest BCUT2D eigenvalue weighted by Crippen LogP contribution is 2.51. The van der Waals surface area contributed by atoms with E-state index in [2.05, 4.69) is 12.1 Å². The van der Waals surface area contributed by atoms with Crippen molar-refractivity contribution in [2.75, 3.05) is 19.5 Å². The zero-order chi connectivity index (χ0) is 20.4. The number of hydrogen-bond acceptors (Lipinski definition) is 6. The Hall–Kier alpha value is -2.06. The molecule has 156 valence electrons. The Kier molecular flexibility index (Phi) is 6.10. The van der Waals surface area contributed by atoms with Gasteiger partial charge in [-0.25, -0.2) is 10.9 Å². The second-order valence-electron chi connectivity index (χ2n) is 7.23. The number of thiol groups is 1. The van der Waals surface area contributed by atoms with Gasteiger partial charge in [0.25, 0.3) is 0 Å². The Morgan fingerprint density at radius 3 is 2.52 bits per heavy atom. The Morgan fingerprint density at radius 1 is 1.14 bits per heavy atom. The molecule has 2 unspecified atom stereocenters. The summed E-state index contributed by atoms with van der Waals surface area (Å²) in [5, 5.41) is 11.0. The van der Waals surface area contributed by atoms with E-state index in [4.69, 9.17) is 18.9 Å². The van der Waals surface area contributed by atoms with Crippen molar-refractivity contribution in [1.29, 1.82) is 0 Å². The lowest BCUT2D eigenvalue weighted by molar-refractivity contribution is -0.246. The predicted molar refractivity (Wildman–Crippen MR) is 110 cm³/mol. The Bertz CT molecular complexity index is 827. The lowest BCUT2D eigenvalue weighted by Crippen LogP contribution is -2.57. The molecule has 29 heavy (non-hydrogen) atoms. The van der Waals surface area contributed by atoms with Gasteiger partial charge in [0, 0.05) is 23.5 Å². The van der Waals surface area contributed by atoms with E-state index in [1.807, 2.05) is 42.5 Å². The van der Waals surface area contributed by atoms with E-state index in [0.29, 0.717) is 12.4 Å². The number of rotatable bonds is 4. The van der Waals surface area contributed by atoms with Gasteiger partial charge in [-0.15, -0.1) is 0 Å². The van der Waals surface area contributed by atoms with Gasteiger partial charge in [-0.05, 0) is 17.0 Å². The summed E-state index contributed by atoms with van der Waals surface area (Å²) in [5.74, 6) is 0.957. The first-order chi connectivity index (χ1) is 14.1. The molecule has 0 aliphatic carbocycles. The Morgan fingerprint density at radius 2 is 1.86 bits per heavy atom. The van der Waals surface area contributed by atoms with Crippen LogP contribution in [0.1, 0.15) is 18.8 Å². The first-order valence-corrected chi connectivity index (χ1v) is 11.2. The zero-order valence-electron chi connectivity index (χ0n) is 16.4. The minimum Gasteiger partial charge on any atom is -0.497 e. The molecule has 0 radical (unpaired) electrons. The summed E-state index contributed by atoms with van der Waals surface area (Å²) in [4.78, 5) is 12.8.